The minimum atomic E-state index is -2.06. The van der Waals surface area contributed by atoms with E-state index in [2.05, 4.69) is 0 Å². The topological polar surface area (TPSA) is 66.8 Å². The Morgan fingerprint density at radius 1 is 1.00 bits per heavy atom. The number of benzene rings is 2. The Morgan fingerprint density at radius 3 is 2.00 bits per heavy atom. The van der Waals surface area contributed by atoms with Crippen molar-refractivity contribution in [2.75, 3.05) is 7.11 Å². The van der Waals surface area contributed by atoms with Crippen LogP contribution in [0.3, 0.4) is 0 Å². The molecule has 2 N–H and O–H groups in total. The van der Waals surface area contributed by atoms with Crippen LogP contribution in [0.5, 0.6) is 5.75 Å². The molecule has 0 aliphatic carbocycles. The fraction of sp³-hybridized carbons (Fsp3) is 0.133. The lowest BCUT2D eigenvalue weighted by Gasteiger charge is -2.24. The standard InChI is InChI=1S/C15H14O4/c1-19-13-9-7-12(8-10-13)15(18,14(16)17)11-5-3-2-4-6-11/h2-10,18H,1H3,(H,16,17)/t15-/m0/s1. The smallest absolute Gasteiger partial charge is 0.345 e. The van der Waals surface area contributed by atoms with Crippen molar-refractivity contribution < 1.29 is 19.7 Å². The number of carbonyl (C=O) groups is 1. The first-order chi connectivity index (χ1) is 9.09. The summed E-state index contributed by atoms with van der Waals surface area (Å²) in [5.41, 5.74) is -1.47. The summed E-state index contributed by atoms with van der Waals surface area (Å²) < 4.78 is 5.02. The van der Waals surface area contributed by atoms with Crippen LogP contribution < -0.4 is 4.74 Å². The molecule has 0 aliphatic heterocycles. The minimum Gasteiger partial charge on any atom is -0.497 e. The molecule has 98 valence electrons. The second-order valence-electron chi connectivity index (χ2n) is 4.11. The van der Waals surface area contributed by atoms with Gasteiger partial charge in [0, 0.05) is 0 Å². The first kappa shape index (κ1) is 13.1. The molecule has 2 aromatic carbocycles. The number of aliphatic carboxylic acids is 1. The van der Waals surface area contributed by atoms with Gasteiger partial charge in [0.05, 0.1) is 7.11 Å². The van der Waals surface area contributed by atoms with Gasteiger partial charge in [-0.2, -0.15) is 0 Å². The van der Waals surface area contributed by atoms with Crippen molar-refractivity contribution in [3.63, 3.8) is 0 Å². The zero-order valence-corrected chi connectivity index (χ0v) is 10.4. The van der Waals surface area contributed by atoms with E-state index in [-0.39, 0.29) is 5.56 Å². The molecule has 19 heavy (non-hydrogen) atoms. The fourth-order valence-electron chi connectivity index (χ4n) is 1.93. The molecule has 2 aromatic rings. The second-order valence-corrected chi connectivity index (χ2v) is 4.11. The summed E-state index contributed by atoms with van der Waals surface area (Å²) in [6.07, 6.45) is 0. The van der Waals surface area contributed by atoms with E-state index < -0.39 is 11.6 Å². The lowest BCUT2D eigenvalue weighted by atomic mass is 9.86. The van der Waals surface area contributed by atoms with E-state index in [1.54, 1.807) is 54.6 Å². The number of hydrogen-bond acceptors (Lipinski definition) is 3. The first-order valence-corrected chi connectivity index (χ1v) is 5.75. The number of rotatable bonds is 4. The quantitative estimate of drug-likeness (QED) is 0.880. The number of carboxylic acid groups (broad SMARTS) is 1. The van der Waals surface area contributed by atoms with Gasteiger partial charge in [-0.05, 0) is 23.3 Å². The molecule has 4 heteroatoms. The number of methoxy groups -OCH3 is 1. The average Bonchev–Trinajstić information content (AvgIpc) is 2.47. The molecule has 4 nitrogen and oxygen atoms in total. The molecule has 0 saturated carbocycles. The van der Waals surface area contributed by atoms with Crippen LogP contribution in [0.2, 0.25) is 0 Å². The SMILES string of the molecule is COc1ccc([C@](O)(C(=O)O)c2ccccc2)cc1. The van der Waals surface area contributed by atoms with Gasteiger partial charge in [-0.25, -0.2) is 4.79 Å². The van der Waals surface area contributed by atoms with Crippen molar-refractivity contribution in [3.05, 3.63) is 65.7 Å². The third-order valence-electron chi connectivity index (χ3n) is 3.01. The van der Waals surface area contributed by atoms with E-state index in [9.17, 15) is 15.0 Å². The molecule has 2 rings (SSSR count). The Hall–Kier alpha value is -2.33. The summed E-state index contributed by atoms with van der Waals surface area (Å²) in [7, 11) is 1.52. The number of carboxylic acids is 1. The van der Waals surface area contributed by atoms with Gasteiger partial charge in [0.15, 0.2) is 0 Å². The largest absolute Gasteiger partial charge is 0.497 e. The molecular weight excluding hydrogens is 244 g/mol. The van der Waals surface area contributed by atoms with E-state index in [4.69, 9.17) is 4.74 Å². The monoisotopic (exact) mass is 258 g/mol. The van der Waals surface area contributed by atoms with Crippen molar-refractivity contribution in [3.8, 4) is 5.75 Å². The van der Waals surface area contributed by atoms with Gasteiger partial charge in [0.25, 0.3) is 0 Å². The molecule has 0 aliphatic rings. The molecule has 0 fully saturated rings. The molecule has 0 bridgehead atoms. The van der Waals surface area contributed by atoms with Crippen LogP contribution in [0, 0.1) is 0 Å². The maximum Gasteiger partial charge on any atom is 0.345 e. The summed E-state index contributed by atoms with van der Waals surface area (Å²) in [6, 6.07) is 14.6. The van der Waals surface area contributed by atoms with Crippen molar-refractivity contribution in [1.29, 1.82) is 0 Å². The van der Waals surface area contributed by atoms with Crippen LogP contribution in [0.4, 0.5) is 0 Å². The highest BCUT2D eigenvalue weighted by atomic mass is 16.5. The third kappa shape index (κ3) is 2.30. The highest BCUT2D eigenvalue weighted by Crippen LogP contribution is 2.30. The molecule has 0 spiro atoms. The predicted molar refractivity (Wildman–Crippen MR) is 70.1 cm³/mol. The molecule has 0 unspecified atom stereocenters. The van der Waals surface area contributed by atoms with Gasteiger partial charge in [-0.3, -0.25) is 0 Å². The Labute approximate surface area is 110 Å². The molecule has 0 aromatic heterocycles. The highest BCUT2D eigenvalue weighted by Gasteiger charge is 2.39. The van der Waals surface area contributed by atoms with Crippen LogP contribution in [-0.2, 0) is 10.4 Å². The van der Waals surface area contributed by atoms with Gasteiger partial charge < -0.3 is 14.9 Å². The number of hydrogen-bond donors (Lipinski definition) is 2. The number of ether oxygens (including phenoxy) is 1. The van der Waals surface area contributed by atoms with E-state index in [1.807, 2.05) is 0 Å². The van der Waals surface area contributed by atoms with Gasteiger partial charge in [-0.1, -0.05) is 42.5 Å². The van der Waals surface area contributed by atoms with E-state index in [1.165, 1.54) is 7.11 Å². The Balaban J connectivity index is 2.53. The lowest BCUT2D eigenvalue weighted by Crippen LogP contribution is -2.36. The lowest BCUT2D eigenvalue weighted by molar-refractivity contribution is -0.155. The van der Waals surface area contributed by atoms with Crippen LogP contribution in [0.1, 0.15) is 11.1 Å². The minimum absolute atomic E-state index is 0.284. The van der Waals surface area contributed by atoms with Crippen LogP contribution in [0.15, 0.2) is 54.6 Å². The zero-order valence-electron chi connectivity index (χ0n) is 10.4. The van der Waals surface area contributed by atoms with Crippen molar-refractivity contribution in [1.82, 2.24) is 0 Å². The third-order valence-corrected chi connectivity index (χ3v) is 3.01. The van der Waals surface area contributed by atoms with Gasteiger partial charge in [-0.15, -0.1) is 0 Å². The molecule has 1 atom stereocenters. The Morgan fingerprint density at radius 2 is 1.53 bits per heavy atom. The normalized spacial score (nSPS) is 13.6. The van der Waals surface area contributed by atoms with Crippen molar-refractivity contribution >= 4 is 5.97 Å². The Bertz CT molecular complexity index is 562. The van der Waals surface area contributed by atoms with Gasteiger partial charge in [0.2, 0.25) is 5.60 Å². The Kier molecular flexibility index (Phi) is 3.53. The van der Waals surface area contributed by atoms with Gasteiger partial charge >= 0.3 is 5.97 Å². The van der Waals surface area contributed by atoms with Crippen molar-refractivity contribution in [2.45, 2.75) is 5.60 Å². The highest BCUT2D eigenvalue weighted by molar-refractivity contribution is 5.83. The zero-order chi connectivity index (χ0) is 13.9. The summed E-state index contributed by atoms with van der Waals surface area (Å²) >= 11 is 0. The number of aliphatic hydroxyl groups is 1. The summed E-state index contributed by atoms with van der Waals surface area (Å²) in [5, 5.41) is 19.9. The maximum atomic E-state index is 11.5. The summed E-state index contributed by atoms with van der Waals surface area (Å²) in [4.78, 5) is 11.5. The van der Waals surface area contributed by atoms with Crippen LogP contribution in [0.25, 0.3) is 0 Å². The van der Waals surface area contributed by atoms with E-state index in [0.29, 0.717) is 11.3 Å². The van der Waals surface area contributed by atoms with Crippen LogP contribution in [-0.4, -0.2) is 23.3 Å². The van der Waals surface area contributed by atoms with Gasteiger partial charge in [0.1, 0.15) is 5.75 Å². The average molecular weight is 258 g/mol. The molecule has 0 saturated heterocycles. The molecule has 0 amide bonds. The molecule has 0 radical (unpaired) electrons. The van der Waals surface area contributed by atoms with Crippen LogP contribution >= 0.6 is 0 Å². The van der Waals surface area contributed by atoms with E-state index in [0.717, 1.165) is 0 Å². The summed E-state index contributed by atoms with van der Waals surface area (Å²) in [6.45, 7) is 0. The predicted octanol–water partition coefficient (Wildman–Crippen LogP) is 2.02. The van der Waals surface area contributed by atoms with Crippen molar-refractivity contribution in [2.24, 2.45) is 0 Å². The van der Waals surface area contributed by atoms with E-state index >= 15 is 0 Å². The first-order valence-electron chi connectivity index (χ1n) is 5.75. The molecular formula is C15H14O4. The maximum absolute atomic E-state index is 11.5. The molecule has 0 heterocycles. The fourth-order valence-corrected chi connectivity index (χ4v) is 1.93. The second kappa shape index (κ2) is 5.12. The summed E-state index contributed by atoms with van der Waals surface area (Å²) in [5.74, 6) is -0.714.